The van der Waals surface area contributed by atoms with Gasteiger partial charge in [0.15, 0.2) is 15.0 Å². The number of non-ortho nitro benzene ring substituents is 1. The molecule has 0 fully saturated rings. The monoisotopic (exact) mass is 437 g/mol. The number of carbonyl (C=O) groups excluding carboxylic acids is 1. The van der Waals surface area contributed by atoms with Crippen molar-refractivity contribution in [3.05, 3.63) is 68.5 Å². The van der Waals surface area contributed by atoms with Gasteiger partial charge in [0.05, 0.1) is 15.5 Å². The number of sulfone groups is 1. The number of hydrogen-bond donors (Lipinski definition) is 1. The van der Waals surface area contributed by atoms with Gasteiger partial charge in [0.25, 0.3) is 11.6 Å². The van der Waals surface area contributed by atoms with Gasteiger partial charge in [0.1, 0.15) is 0 Å². The van der Waals surface area contributed by atoms with Crippen molar-refractivity contribution in [1.82, 2.24) is 4.98 Å². The zero-order chi connectivity index (χ0) is 20.5. The third-order valence-corrected chi connectivity index (χ3v) is 5.76. The Hall–Kier alpha value is -2.82. The van der Waals surface area contributed by atoms with E-state index in [0.29, 0.717) is 10.7 Å². The fraction of sp³-hybridized carbons (Fsp3) is 0.0588. The molecule has 0 aliphatic rings. The van der Waals surface area contributed by atoms with Crippen molar-refractivity contribution in [3.63, 3.8) is 0 Å². The summed E-state index contributed by atoms with van der Waals surface area (Å²) >= 11 is 7.02. The van der Waals surface area contributed by atoms with E-state index in [9.17, 15) is 23.3 Å². The summed E-state index contributed by atoms with van der Waals surface area (Å²) in [7, 11) is -3.73. The topological polar surface area (TPSA) is 119 Å². The molecule has 2 aromatic carbocycles. The van der Waals surface area contributed by atoms with Crippen LogP contribution in [0.25, 0.3) is 11.3 Å². The summed E-state index contributed by atoms with van der Waals surface area (Å²) < 4.78 is 23.5. The number of nitrogens with zero attached hydrogens (tertiary/aromatic N) is 2. The van der Waals surface area contributed by atoms with E-state index in [1.807, 2.05) is 0 Å². The van der Waals surface area contributed by atoms with E-state index in [4.69, 9.17) is 11.6 Å². The second-order valence-corrected chi connectivity index (χ2v) is 9.05. The van der Waals surface area contributed by atoms with Crippen molar-refractivity contribution in [1.29, 1.82) is 0 Å². The molecule has 11 heteroatoms. The molecule has 0 saturated heterocycles. The Labute approximate surface area is 168 Å². The molecule has 1 N–H and O–H groups in total. The second kappa shape index (κ2) is 7.66. The highest BCUT2D eigenvalue weighted by atomic mass is 35.5. The van der Waals surface area contributed by atoms with Crippen LogP contribution in [0, 0.1) is 10.1 Å². The molecule has 3 aromatic rings. The highest BCUT2D eigenvalue weighted by molar-refractivity contribution is 7.90. The van der Waals surface area contributed by atoms with Crippen molar-refractivity contribution in [2.75, 3.05) is 11.6 Å². The average Bonchev–Trinajstić information content (AvgIpc) is 3.09. The third kappa shape index (κ3) is 4.53. The maximum atomic E-state index is 12.5. The van der Waals surface area contributed by atoms with Crippen molar-refractivity contribution < 1.29 is 18.1 Å². The maximum absolute atomic E-state index is 12.5. The first-order chi connectivity index (χ1) is 13.1. The number of nitro groups is 1. The molecule has 0 aliphatic carbocycles. The Kier molecular flexibility index (Phi) is 5.45. The Morgan fingerprint density at radius 1 is 1.21 bits per heavy atom. The fourth-order valence-electron chi connectivity index (χ4n) is 2.29. The lowest BCUT2D eigenvalue weighted by Gasteiger charge is -2.05. The molecule has 3 rings (SSSR count). The van der Waals surface area contributed by atoms with Crippen LogP contribution in [-0.2, 0) is 9.84 Å². The first kappa shape index (κ1) is 19.9. The van der Waals surface area contributed by atoms with Gasteiger partial charge < -0.3 is 0 Å². The van der Waals surface area contributed by atoms with Gasteiger partial charge in [0.2, 0.25) is 0 Å². The number of aromatic nitrogens is 1. The van der Waals surface area contributed by atoms with E-state index in [1.165, 1.54) is 0 Å². The fourth-order valence-corrected chi connectivity index (χ4v) is 3.80. The lowest BCUT2D eigenvalue weighted by atomic mass is 10.2. The number of rotatable bonds is 5. The zero-order valence-electron chi connectivity index (χ0n) is 14.2. The lowest BCUT2D eigenvalue weighted by Crippen LogP contribution is -2.13. The van der Waals surface area contributed by atoms with Crippen molar-refractivity contribution >= 4 is 49.5 Å². The molecule has 8 nitrogen and oxygen atoms in total. The molecule has 144 valence electrons. The van der Waals surface area contributed by atoms with Gasteiger partial charge in [-0.3, -0.25) is 20.2 Å². The van der Waals surface area contributed by atoms with E-state index < -0.39 is 26.4 Å². The van der Waals surface area contributed by atoms with Crippen LogP contribution in [-0.4, -0.2) is 30.5 Å². The predicted octanol–water partition coefficient (Wildman–Crippen LogP) is 4.03. The van der Waals surface area contributed by atoms with Crippen LogP contribution < -0.4 is 5.32 Å². The normalized spacial score (nSPS) is 11.2. The highest BCUT2D eigenvalue weighted by Crippen LogP contribution is 2.27. The van der Waals surface area contributed by atoms with E-state index in [-0.39, 0.29) is 15.6 Å². The van der Waals surface area contributed by atoms with E-state index >= 15 is 0 Å². The van der Waals surface area contributed by atoms with Gasteiger partial charge in [-0.2, -0.15) is 0 Å². The number of anilines is 1. The number of benzene rings is 2. The van der Waals surface area contributed by atoms with Crippen molar-refractivity contribution in [2.45, 2.75) is 4.90 Å². The summed E-state index contributed by atoms with van der Waals surface area (Å²) in [4.78, 5) is 26.8. The van der Waals surface area contributed by atoms with Gasteiger partial charge in [-0.25, -0.2) is 13.4 Å². The summed E-state index contributed by atoms with van der Waals surface area (Å²) in [5.74, 6) is -0.703. The highest BCUT2D eigenvalue weighted by Gasteiger charge is 2.20. The van der Waals surface area contributed by atoms with Crippen LogP contribution in [0.2, 0.25) is 5.02 Å². The van der Waals surface area contributed by atoms with Crippen LogP contribution in [0.4, 0.5) is 10.8 Å². The number of carbonyl (C=O) groups is 1. The van der Waals surface area contributed by atoms with Gasteiger partial charge in [-0.15, -0.1) is 11.3 Å². The molecule has 0 spiro atoms. The van der Waals surface area contributed by atoms with Crippen LogP contribution in [0.15, 0.2) is 52.7 Å². The van der Waals surface area contributed by atoms with Crippen molar-refractivity contribution in [3.8, 4) is 11.3 Å². The number of hydrogen-bond acceptors (Lipinski definition) is 7. The molecule has 0 aliphatic heterocycles. The van der Waals surface area contributed by atoms with Crippen LogP contribution in [0.1, 0.15) is 10.4 Å². The minimum Gasteiger partial charge on any atom is -0.298 e. The molecular formula is C17H12ClN3O5S2. The van der Waals surface area contributed by atoms with E-state index in [2.05, 4.69) is 10.3 Å². The Balaban J connectivity index is 1.88. The summed E-state index contributed by atoms with van der Waals surface area (Å²) in [6.45, 7) is 0. The molecule has 1 amide bonds. The summed E-state index contributed by atoms with van der Waals surface area (Å²) in [6, 6.07) is 10.00. The predicted molar refractivity (Wildman–Crippen MR) is 107 cm³/mol. The smallest absolute Gasteiger partial charge is 0.271 e. The molecule has 0 bridgehead atoms. The zero-order valence-corrected chi connectivity index (χ0v) is 16.6. The van der Waals surface area contributed by atoms with Gasteiger partial charge in [-0.05, 0) is 18.2 Å². The number of nitro benzene ring substituents is 1. The minimum absolute atomic E-state index is 0.155. The van der Waals surface area contributed by atoms with Gasteiger partial charge >= 0.3 is 0 Å². The van der Waals surface area contributed by atoms with Crippen LogP contribution >= 0.6 is 22.9 Å². The molecule has 0 atom stereocenters. The summed E-state index contributed by atoms with van der Waals surface area (Å²) in [6.07, 6.45) is 0.910. The maximum Gasteiger partial charge on any atom is 0.271 e. The Morgan fingerprint density at radius 3 is 2.50 bits per heavy atom. The minimum atomic E-state index is -3.73. The Bertz CT molecular complexity index is 1170. The number of halogens is 1. The number of nitrogens with one attached hydrogen (secondary N) is 1. The van der Waals surface area contributed by atoms with Crippen LogP contribution in [0.3, 0.4) is 0 Å². The lowest BCUT2D eigenvalue weighted by molar-refractivity contribution is -0.385. The molecule has 28 heavy (non-hydrogen) atoms. The van der Waals surface area contributed by atoms with E-state index in [1.54, 1.807) is 29.6 Å². The van der Waals surface area contributed by atoms with Gasteiger partial charge in [-0.1, -0.05) is 23.7 Å². The SMILES string of the molecule is CS(=O)(=O)c1cc(C(=O)Nc2nc(-c3ccc(Cl)cc3)cs2)cc([N+](=O)[O-])c1. The quantitative estimate of drug-likeness (QED) is 0.475. The van der Waals surface area contributed by atoms with Gasteiger partial charge in [0, 0.05) is 39.9 Å². The van der Waals surface area contributed by atoms with Crippen LogP contribution in [0.5, 0.6) is 0 Å². The molecular weight excluding hydrogens is 426 g/mol. The summed E-state index contributed by atoms with van der Waals surface area (Å²) in [5.41, 5.74) is 0.774. The average molecular weight is 438 g/mol. The first-order valence-electron chi connectivity index (χ1n) is 7.66. The molecule has 0 saturated carbocycles. The largest absolute Gasteiger partial charge is 0.298 e. The third-order valence-electron chi connectivity index (χ3n) is 3.66. The molecule has 0 unspecified atom stereocenters. The Morgan fingerprint density at radius 2 is 1.89 bits per heavy atom. The second-order valence-electron chi connectivity index (χ2n) is 5.74. The van der Waals surface area contributed by atoms with E-state index in [0.717, 1.165) is 41.4 Å². The molecule has 1 heterocycles. The number of thiazole rings is 1. The number of amides is 1. The van der Waals surface area contributed by atoms with Crippen molar-refractivity contribution in [2.24, 2.45) is 0 Å². The first-order valence-corrected chi connectivity index (χ1v) is 10.8. The standard InChI is InChI=1S/C17H12ClN3O5S2/c1-28(25,26)14-7-11(6-13(8-14)21(23)24)16(22)20-17-19-15(9-27-17)10-2-4-12(18)5-3-10/h2-9H,1H3,(H,19,20,22). The molecule has 0 radical (unpaired) electrons. The molecule has 1 aromatic heterocycles. The summed E-state index contributed by atoms with van der Waals surface area (Å²) in [5, 5.41) is 16.2.